The largest absolute Gasteiger partial charge is 0.481 e. The van der Waals surface area contributed by atoms with Crippen molar-refractivity contribution in [2.75, 3.05) is 0 Å². The third kappa shape index (κ3) is 22.1. The van der Waals surface area contributed by atoms with Gasteiger partial charge < -0.3 is 80.2 Å². The van der Waals surface area contributed by atoms with Crippen LogP contribution < -0.4 is 59.7 Å². The first-order chi connectivity index (χ1) is 29.0. The lowest BCUT2D eigenvalue weighted by molar-refractivity contribution is -0.142. The van der Waals surface area contributed by atoms with E-state index in [1.54, 1.807) is 0 Å². The maximum atomic E-state index is 13.4. The number of aliphatic carboxylic acids is 3. The highest BCUT2D eigenvalue weighted by molar-refractivity contribution is 6.00. The summed E-state index contributed by atoms with van der Waals surface area (Å²) in [5, 5.41) is 54.8. The molecule has 0 heterocycles. The second kappa shape index (κ2) is 26.7. The summed E-state index contributed by atoms with van der Waals surface area (Å²) < 4.78 is 0. The van der Waals surface area contributed by atoms with Crippen LogP contribution in [0.3, 0.4) is 0 Å². The van der Waals surface area contributed by atoms with Crippen molar-refractivity contribution in [2.45, 2.75) is 127 Å². The molecule has 11 amide bonds. The predicted molar refractivity (Wildman–Crippen MR) is 207 cm³/mol. The number of carboxylic acid groups (broad SMARTS) is 3. The minimum Gasteiger partial charge on any atom is -0.481 e. The lowest BCUT2D eigenvalue weighted by Crippen LogP contribution is -2.61. The van der Waals surface area contributed by atoms with E-state index in [-0.39, 0.29) is 6.42 Å². The molecule has 0 aromatic heterocycles. The fourth-order valence-corrected chi connectivity index (χ4v) is 5.04. The molecule has 0 aliphatic heterocycles. The van der Waals surface area contributed by atoms with E-state index in [9.17, 15) is 87.5 Å². The van der Waals surface area contributed by atoms with E-state index >= 15 is 0 Å². The molecule has 0 aromatic rings. The molecule has 0 rings (SSSR count). The molecule has 29 nitrogen and oxygen atoms in total. The lowest BCUT2D eigenvalue weighted by atomic mass is 10.1. The van der Waals surface area contributed by atoms with E-state index in [1.807, 2.05) is 16.0 Å². The topological polar surface area (TPSA) is 494 Å². The molecule has 9 atom stereocenters. The second-order valence-corrected chi connectivity index (χ2v) is 13.9. The zero-order valence-electron chi connectivity index (χ0n) is 34.4. The molecule has 0 fully saturated rings. The van der Waals surface area contributed by atoms with Gasteiger partial charge in [0.1, 0.15) is 48.3 Å². The summed E-state index contributed by atoms with van der Waals surface area (Å²) in [4.78, 5) is 173. The zero-order chi connectivity index (χ0) is 48.9. The monoisotopic (exact) mass is 903 g/mol. The molecule has 0 radical (unpaired) electrons. The number of primary amides is 3. The van der Waals surface area contributed by atoms with Gasteiger partial charge in [-0.2, -0.15) is 0 Å². The summed E-state index contributed by atoms with van der Waals surface area (Å²) in [6.07, 6.45) is -7.27. The van der Waals surface area contributed by atoms with Gasteiger partial charge in [0.15, 0.2) is 0 Å². The lowest BCUT2D eigenvalue weighted by Gasteiger charge is -2.27. The highest BCUT2D eigenvalue weighted by atomic mass is 16.4. The normalized spacial score (nSPS) is 14.9. The molecule has 352 valence electrons. The molecule has 0 saturated heterocycles. The highest BCUT2D eigenvalue weighted by Gasteiger charge is 2.36. The SMILES string of the molecule is CC(=O)N[C@@H](CCC(N)=O)C(=O)N[C@@H](CC(=O)O)C(=O)N[C@@H](C)C(=O)N[C@@H](CCC(=O)O)C(=O)N[C@@H](CC(=O)O)C(=O)N[C@@H](CC(N)=O)C(=O)N[C@H](C(=O)N[C@@H](C)C(N)=O)[C@@H](C)O. The van der Waals surface area contributed by atoms with Gasteiger partial charge in [0.2, 0.25) is 65.0 Å². The number of rotatable bonds is 29. The van der Waals surface area contributed by atoms with Crippen LogP contribution in [0.1, 0.15) is 72.6 Å². The van der Waals surface area contributed by atoms with E-state index in [4.69, 9.17) is 17.2 Å². The van der Waals surface area contributed by atoms with Gasteiger partial charge in [-0.1, -0.05) is 0 Å². The Kier molecular flexibility index (Phi) is 23.5. The van der Waals surface area contributed by atoms with Crippen LogP contribution in [-0.4, -0.2) is 158 Å². The predicted octanol–water partition coefficient (Wildman–Crippen LogP) is -8.25. The Hall–Kier alpha value is -7.46. The van der Waals surface area contributed by atoms with Crippen LogP contribution in [0.25, 0.3) is 0 Å². The Morgan fingerprint density at radius 3 is 1.21 bits per heavy atom. The first-order valence-corrected chi connectivity index (χ1v) is 18.6. The van der Waals surface area contributed by atoms with Crippen molar-refractivity contribution in [3.63, 3.8) is 0 Å². The number of hydrogen-bond donors (Lipinski definition) is 15. The van der Waals surface area contributed by atoms with E-state index in [1.165, 1.54) is 6.92 Å². The third-order valence-electron chi connectivity index (χ3n) is 8.32. The molecule has 0 bridgehead atoms. The van der Waals surface area contributed by atoms with E-state index in [0.717, 1.165) is 20.8 Å². The smallest absolute Gasteiger partial charge is 0.305 e. The number of carbonyl (C=O) groups is 14. The molecule has 29 heteroatoms. The van der Waals surface area contributed by atoms with E-state index in [0.29, 0.717) is 0 Å². The molecular weight excluding hydrogens is 850 g/mol. The van der Waals surface area contributed by atoms with Crippen LogP contribution in [0.5, 0.6) is 0 Å². The Balaban J connectivity index is 6.33. The van der Waals surface area contributed by atoms with Gasteiger partial charge in [-0.25, -0.2) is 0 Å². The number of carbonyl (C=O) groups excluding carboxylic acids is 11. The number of aliphatic hydroxyl groups is 1. The van der Waals surface area contributed by atoms with E-state index in [2.05, 4.69) is 26.6 Å². The first-order valence-electron chi connectivity index (χ1n) is 18.6. The summed E-state index contributed by atoms with van der Waals surface area (Å²) in [5.41, 5.74) is 15.4. The molecule has 0 aromatic carbocycles. The van der Waals surface area contributed by atoms with Crippen LogP contribution >= 0.6 is 0 Å². The molecule has 0 aliphatic rings. The van der Waals surface area contributed by atoms with Crippen molar-refractivity contribution in [1.82, 2.24) is 42.5 Å². The third-order valence-corrected chi connectivity index (χ3v) is 8.32. The van der Waals surface area contributed by atoms with Crippen molar-refractivity contribution in [3.05, 3.63) is 0 Å². The van der Waals surface area contributed by atoms with Crippen molar-refractivity contribution in [1.29, 1.82) is 0 Å². The minimum atomic E-state index is -2.14. The fourth-order valence-electron chi connectivity index (χ4n) is 5.04. The highest BCUT2D eigenvalue weighted by Crippen LogP contribution is 2.06. The average Bonchev–Trinajstić information content (AvgIpc) is 3.14. The van der Waals surface area contributed by atoms with Gasteiger partial charge in [-0.3, -0.25) is 67.1 Å². The van der Waals surface area contributed by atoms with Crippen molar-refractivity contribution >= 4 is 82.9 Å². The van der Waals surface area contributed by atoms with Gasteiger partial charge >= 0.3 is 17.9 Å². The maximum Gasteiger partial charge on any atom is 0.305 e. The Morgan fingerprint density at radius 1 is 0.429 bits per heavy atom. The van der Waals surface area contributed by atoms with Crippen molar-refractivity contribution < 1.29 is 87.5 Å². The number of carboxylic acids is 3. The van der Waals surface area contributed by atoms with Gasteiger partial charge in [0.25, 0.3) is 0 Å². The molecule has 0 saturated carbocycles. The molecule has 0 spiro atoms. The number of amides is 11. The molecule has 0 aliphatic carbocycles. The number of aliphatic hydroxyl groups excluding tert-OH is 1. The Bertz CT molecular complexity index is 1790. The van der Waals surface area contributed by atoms with Crippen molar-refractivity contribution in [3.8, 4) is 0 Å². The maximum absolute atomic E-state index is 13.4. The number of nitrogens with two attached hydrogens (primary N) is 3. The molecule has 18 N–H and O–H groups in total. The molecule has 0 unspecified atom stereocenters. The number of hydrogen-bond acceptors (Lipinski definition) is 15. The van der Waals surface area contributed by atoms with Gasteiger partial charge in [-0.05, 0) is 33.6 Å². The number of nitrogens with one attached hydrogen (secondary N) is 8. The minimum absolute atomic E-state index is 0.344. The Labute approximate surface area is 357 Å². The molecule has 63 heavy (non-hydrogen) atoms. The van der Waals surface area contributed by atoms with Crippen LogP contribution in [0.15, 0.2) is 0 Å². The summed E-state index contributed by atoms with van der Waals surface area (Å²) >= 11 is 0. The summed E-state index contributed by atoms with van der Waals surface area (Å²) in [7, 11) is 0. The fraction of sp³-hybridized carbons (Fsp3) is 0.588. The van der Waals surface area contributed by atoms with Crippen LogP contribution in [-0.2, 0) is 67.1 Å². The molecular formula is C34H53N11O18. The van der Waals surface area contributed by atoms with Crippen LogP contribution in [0.4, 0.5) is 0 Å². The van der Waals surface area contributed by atoms with E-state index < -0.39 is 176 Å². The Morgan fingerprint density at radius 2 is 0.810 bits per heavy atom. The van der Waals surface area contributed by atoms with Gasteiger partial charge in [-0.15, -0.1) is 0 Å². The first kappa shape index (κ1) is 55.5. The van der Waals surface area contributed by atoms with Crippen LogP contribution in [0.2, 0.25) is 0 Å². The van der Waals surface area contributed by atoms with Gasteiger partial charge in [0, 0.05) is 19.8 Å². The average molecular weight is 904 g/mol. The standard InChI is InChI=1S/C34H53N11O18/c1-12(27(37)56)38-34(63)26(14(3)46)45-33(62)18(9-22(36)49)42-32(61)20(11-25(54)55)44-30(59)17(6-8-23(50)51)41-28(57)13(2)39-31(60)19(10-24(52)53)43-29(58)16(40-15(4)47)5-7-21(35)48/h12-14,16-20,26,46H,5-11H2,1-4H3,(H2,35,48)(H2,36,49)(H2,37,56)(H,38,63)(H,39,60)(H,40,47)(H,41,57)(H,42,61)(H,43,58)(H,44,59)(H,45,62)(H,50,51)(H,52,53)(H,54,55)/t12-,13-,14+,16-,17-,18-,19-,20-,26-/m0/s1. The van der Waals surface area contributed by atoms with Crippen molar-refractivity contribution in [2.24, 2.45) is 17.2 Å². The quantitative estimate of drug-likeness (QED) is 0.0331. The summed E-state index contributed by atoms with van der Waals surface area (Å²) in [6, 6.07) is -14.2. The van der Waals surface area contributed by atoms with Gasteiger partial charge in [0.05, 0.1) is 25.4 Å². The zero-order valence-corrected chi connectivity index (χ0v) is 34.4. The van der Waals surface area contributed by atoms with Crippen LogP contribution in [0, 0.1) is 0 Å². The second-order valence-electron chi connectivity index (χ2n) is 13.9. The summed E-state index contributed by atoms with van der Waals surface area (Å²) in [5.74, 6) is -17.7. The summed E-state index contributed by atoms with van der Waals surface area (Å²) in [6.45, 7) is 4.27.